The largest absolute Gasteiger partial charge is 0.330 e. The van der Waals surface area contributed by atoms with Crippen LogP contribution in [0, 0.1) is 5.92 Å². The fourth-order valence-electron chi connectivity index (χ4n) is 2.87. The Bertz CT molecular complexity index is 319. The highest BCUT2D eigenvalue weighted by molar-refractivity contribution is 5.05. The van der Waals surface area contributed by atoms with Gasteiger partial charge in [0.15, 0.2) is 0 Å². The molecule has 2 N–H and O–H groups in total. The van der Waals surface area contributed by atoms with Crippen LogP contribution in [0.2, 0.25) is 0 Å². The maximum Gasteiger partial charge on any atom is 0.0547 e. The Morgan fingerprint density at radius 3 is 3.00 bits per heavy atom. The van der Waals surface area contributed by atoms with Gasteiger partial charge in [-0.2, -0.15) is 5.10 Å². The topological polar surface area (TPSA) is 43.8 Å². The van der Waals surface area contributed by atoms with E-state index in [-0.39, 0.29) is 0 Å². The molecular weight excluding hydrogens is 198 g/mol. The van der Waals surface area contributed by atoms with Crippen LogP contribution in [0.3, 0.4) is 0 Å². The molecule has 3 heteroatoms. The summed E-state index contributed by atoms with van der Waals surface area (Å²) >= 11 is 0. The van der Waals surface area contributed by atoms with Gasteiger partial charge in [-0.3, -0.25) is 4.68 Å². The first-order valence-corrected chi connectivity index (χ1v) is 6.58. The molecule has 90 valence electrons. The van der Waals surface area contributed by atoms with E-state index in [1.807, 2.05) is 6.20 Å². The first-order valence-electron chi connectivity index (χ1n) is 6.58. The van der Waals surface area contributed by atoms with Crippen molar-refractivity contribution in [1.29, 1.82) is 0 Å². The van der Waals surface area contributed by atoms with E-state index in [1.165, 1.54) is 37.7 Å². The van der Waals surface area contributed by atoms with E-state index in [0.717, 1.165) is 12.3 Å². The number of hydrogen-bond acceptors (Lipinski definition) is 2. The van der Waals surface area contributed by atoms with Crippen LogP contribution in [-0.4, -0.2) is 16.3 Å². The van der Waals surface area contributed by atoms with Crippen molar-refractivity contribution in [2.75, 3.05) is 6.54 Å². The Morgan fingerprint density at radius 1 is 1.44 bits per heavy atom. The molecule has 16 heavy (non-hydrogen) atoms. The Balaban J connectivity index is 2.08. The van der Waals surface area contributed by atoms with Gasteiger partial charge in [0.1, 0.15) is 0 Å². The Labute approximate surface area is 98.0 Å². The quantitative estimate of drug-likeness (QED) is 0.849. The van der Waals surface area contributed by atoms with Gasteiger partial charge in [0.25, 0.3) is 0 Å². The molecule has 2 unspecified atom stereocenters. The molecule has 3 nitrogen and oxygen atoms in total. The SMILES string of the molecule is CCC1CCCCC1n1cc(CCN)cn1. The Kier molecular flexibility index (Phi) is 3.99. The predicted octanol–water partition coefficient (Wildman–Crippen LogP) is 2.53. The molecule has 1 aromatic heterocycles. The molecule has 1 saturated carbocycles. The lowest BCUT2D eigenvalue weighted by Gasteiger charge is -2.30. The van der Waals surface area contributed by atoms with Crippen LogP contribution in [0.5, 0.6) is 0 Å². The fourth-order valence-corrected chi connectivity index (χ4v) is 2.87. The third-order valence-electron chi connectivity index (χ3n) is 3.82. The van der Waals surface area contributed by atoms with Crippen molar-refractivity contribution < 1.29 is 0 Å². The third kappa shape index (κ3) is 2.46. The monoisotopic (exact) mass is 221 g/mol. The van der Waals surface area contributed by atoms with Crippen LogP contribution in [0.15, 0.2) is 12.4 Å². The maximum atomic E-state index is 5.56. The molecule has 1 aliphatic carbocycles. The van der Waals surface area contributed by atoms with Crippen LogP contribution in [0.4, 0.5) is 0 Å². The summed E-state index contributed by atoms with van der Waals surface area (Å²) in [5.41, 5.74) is 6.85. The minimum atomic E-state index is 0.630. The molecule has 2 atom stereocenters. The first-order chi connectivity index (χ1) is 7.85. The molecule has 1 aromatic rings. The molecule has 1 aliphatic rings. The van der Waals surface area contributed by atoms with E-state index in [1.54, 1.807) is 0 Å². The highest BCUT2D eigenvalue weighted by Crippen LogP contribution is 2.35. The lowest BCUT2D eigenvalue weighted by Crippen LogP contribution is -2.23. The van der Waals surface area contributed by atoms with Crippen molar-refractivity contribution >= 4 is 0 Å². The van der Waals surface area contributed by atoms with Gasteiger partial charge in [-0.1, -0.05) is 26.2 Å². The van der Waals surface area contributed by atoms with Crippen LogP contribution in [-0.2, 0) is 6.42 Å². The van der Waals surface area contributed by atoms with E-state index in [2.05, 4.69) is 22.9 Å². The second kappa shape index (κ2) is 5.48. The van der Waals surface area contributed by atoms with Crippen molar-refractivity contribution in [2.45, 2.75) is 51.5 Å². The first kappa shape index (κ1) is 11.6. The minimum absolute atomic E-state index is 0.630. The van der Waals surface area contributed by atoms with Crippen LogP contribution in [0.1, 0.15) is 50.6 Å². The Morgan fingerprint density at radius 2 is 2.25 bits per heavy atom. The summed E-state index contributed by atoms with van der Waals surface area (Å²) in [6, 6.07) is 0.630. The smallest absolute Gasteiger partial charge is 0.0547 e. The molecular formula is C13H23N3. The van der Waals surface area contributed by atoms with Crippen molar-refractivity contribution in [3.63, 3.8) is 0 Å². The van der Waals surface area contributed by atoms with Gasteiger partial charge in [0.2, 0.25) is 0 Å². The maximum absolute atomic E-state index is 5.56. The summed E-state index contributed by atoms with van der Waals surface area (Å²) in [7, 11) is 0. The second-order valence-corrected chi connectivity index (χ2v) is 4.89. The number of nitrogens with two attached hydrogens (primary N) is 1. The summed E-state index contributed by atoms with van der Waals surface area (Å²) in [5.74, 6) is 0.819. The molecule has 0 aliphatic heterocycles. The zero-order chi connectivity index (χ0) is 11.4. The number of rotatable bonds is 4. The zero-order valence-corrected chi connectivity index (χ0v) is 10.2. The summed E-state index contributed by atoms with van der Waals surface area (Å²) < 4.78 is 2.19. The standard InChI is InChI=1S/C13H23N3/c1-2-12-5-3-4-6-13(12)16-10-11(7-8-14)9-15-16/h9-10,12-13H,2-8,14H2,1H3. The lowest BCUT2D eigenvalue weighted by atomic mass is 9.83. The van der Waals surface area contributed by atoms with Gasteiger partial charge in [-0.25, -0.2) is 0 Å². The molecule has 0 bridgehead atoms. The molecule has 2 rings (SSSR count). The van der Waals surface area contributed by atoms with Gasteiger partial charge in [-0.15, -0.1) is 0 Å². The molecule has 0 amide bonds. The van der Waals surface area contributed by atoms with E-state index < -0.39 is 0 Å². The molecule has 1 heterocycles. The lowest BCUT2D eigenvalue weighted by molar-refractivity contribution is 0.217. The average molecular weight is 221 g/mol. The molecule has 0 spiro atoms. The van der Waals surface area contributed by atoms with Crippen molar-refractivity contribution in [3.8, 4) is 0 Å². The minimum Gasteiger partial charge on any atom is -0.330 e. The zero-order valence-electron chi connectivity index (χ0n) is 10.2. The van der Waals surface area contributed by atoms with E-state index in [9.17, 15) is 0 Å². The number of hydrogen-bond donors (Lipinski definition) is 1. The highest BCUT2D eigenvalue weighted by atomic mass is 15.3. The van der Waals surface area contributed by atoms with E-state index in [4.69, 9.17) is 5.73 Å². The third-order valence-corrected chi connectivity index (χ3v) is 3.82. The highest BCUT2D eigenvalue weighted by Gasteiger charge is 2.25. The molecule has 1 fully saturated rings. The second-order valence-electron chi connectivity index (χ2n) is 4.89. The van der Waals surface area contributed by atoms with E-state index in [0.29, 0.717) is 12.6 Å². The summed E-state index contributed by atoms with van der Waals surface area (Å²) in [5, 5.41) is 4.52. The van der Waals surface area contributed by atoms with Gasteiger partial charge >= 0.3 is 0 Å². The van der Waals surface area contributed by atoms with Crippen molar-refractivity contribution in [1.82, 2.24) is 9.78 Å². The fraction of sp³-hybridized carbons (Fsp3) is 0.769. The van der Waals surface area contributed by atoms with E-state index >= 15 is 0 Å². The number of nitrogens with zero attached hydrogens (tertiary/aromatic N) is 2. The summed E-state index contributed by atoms with van der Waals surface area (Å²) in [6.07, 6.45) is 11.8. The van der Waals surface area contributed by atoms with Gasteiger partial charge in [0, 0.05) is 6.20 Å². The molecule has 0 aromatic carbocycles. The van der Waals surface area contributed by atoms with Crippen LogP contribution >= 0.6 is 0 Å². The van der Waals surface area contributed by atoms with Gasteiger partial charge in [0.05, 0.1) is 12.2 Å². The van der Waals surface area contributed by atoms with Crippen molar-refractivity contribution in [3.05, 3.63) is 18.0 Å². The normalized spacial score (nSPS) is 25.9. The summed E-state index contributed by atoms with van der Waals surface area (Å²) in [4.78, 5) is 0. The molecule has 0 saturated heterocycles. The summed E-state index contributed by atoms with van der Waals surface area (Å²) in [6.45, 7) is 3.01. The van der Waals surface area contributed by atoms with Crippen LogP contribution in [0.25, 0.3) is 0 Å². The Hall–Kier alpha value is -0.830. The van der Waals surface area contributed by atoms with Crippen LogP contribution < -0.4 is 5.73 Å². The molecule has 0 radical (unpaired) electrons. The predicted molar refractivity (Wildman–Crippen MR) is 66.3 cm³/mol. The van der Waals surface area contributed by atoms with Crippen molar-refractivity contribution in [2.24, 2.45) is 11.7 Å². The van der Waals surface area contributed by atoms with Gasteiger partial charge in [-0.05, 0) is 37.3 Å². The van der Waals surface area contributed by atoms with Gasteiger partial charge < -0.3 is 5.73 Å². The average Bonchev–Trinajstić information content (AvgIpc) is 2.78. The number of aromatic nitrogens is 2.